The van der Waals surface area contributed by atoms with Crippen molar-refractivity contribution >= 4 is 93.3 Å². The predicted molar refractivity (Wildman–Crippen MR) is 239 cm³/mol. The highest BCUT2D eigenvalue weighted by molar-refractivity contribution is 6.20. The molecule has 0 amide bonds. The number of hydrogen-bond donors (Lipinski definition) is 0. The minimum atomic E-state index is 0.864. The third-order valence-electron chi connectivity index (χ3n) is 11.7. The summed E-state index contributed by atoms with van der Waals surface area (Å²) in [5, 5.41) is 11.7. The molecule has 57 heavy (non-hydrogen) atoms. The van der Waals surface area contributed by atoms with Gasteiger partial charge in [-0.25, -0.2) is 0 Å². The Kier molecular flexibility index (Phi) is 6.93. The fourth-order valence-corrected chi connectivity index (χ4v) is 9.00. The number of para-hydroxylation sites is 2. The van der Waals surface area contributed by atoms with Gasteiger partial charge in [0.2, 0.25) is 0 Å². The Hall–Kier alpha value is -7.62. The van der Waals surface area contributed by atoms with Crippen LogP contribution in [-0.2, 0) is 0 Å². The van der Waals surface area contributed by atoms with E-state index >= 15 is 0 Å². The maximum absolute atomic E-state index is 6.90. The van der Waals surface area contributed by atoms with Gasteiger partial charge in [0.05, 0.1) is 16.8 Å². The molecule has 0 spiro atoms. The van der Waals surface area contributed by atoms with Crippen molar-refractivity contribution in [1.82, 2.24) is 0 Å². The van der Waals surface area contributed by atoms with Crippen molar-refractivity contribution in [3.8, 4) is 22.3 Å². The summed E-state index contributed by atoms with van der Waals surface area (Å²) in [5.74, 6) is 0. The van der Waals surface area contributed by atoms with Gasteiger partial charge < -0.3 is 13.7 Å². The van der Waals surface area contributed by atoms with Gasteiger partial charge in [-0.2, -0.15) is 0 Å². The molecule has 10 aromatic carbocycles. The average Bonchev–Trinajstić information content (AvgIpc) is 3.86. The summed E-state index contributed by atoms with van der Waals surface area (Å²) in [6, 6.07) is 71.6. The number of hydrogen-bond acceptors (Lipinski definition) is 3. The third-order valence-corrected chi connectivity index (χ3v) is 11.7. The van der Waals surface area contributed by atoms with E-state index in [1.54, 1.807) is 0 Å². The molecule has 0 saturated heterocycles. The molecule has 2 aromatic heterocycles. The summed E-state index contributed by atoms with van der Waals surface area (Å²) in [4.78, 5) is 2.42. The zero-order chi connectivity index (χ0) is 37.5. The SMILES string of the molecule is c1ccc2c(-c3ccc(N(c4ccc(-c5ccc6oc7ccccc7c6c5)cc4)c4cccc5c4ccc4ccccc45)c4c3oc3ccccc34)cccc2c1. The Morgan fingerprint density at radius 2 is 0.947 bits per heavy atom. The fraction of sp³-hybridized carbons (Fsp3) is 0. The minimum Gasteiger partial charge on any atom is -0.456 e. The Morgan fingerprint density at radius 3 is 1.79 bits per heavy atom. The number of furan rings is 2. The van der Waals surface area contributed by atoms with E-state index in [-0.39, 0.29) is 0 Å². The van der Waals surface area contributed by atoms with E-state index in [4.69, 9.17) is 8.83 Å². The Labute approximate surface area is 328 Å². The lowest BCUT2D eigenvalue weighted by Crippen LogP contribution is -2.11. The quantitative estimate of drug-likeness (QED) is 0.165. The summed E-state index contributed by atoms with van der Waals surface area (Å²) < 4.78 is 13.1. The van der Waals surface area contributed by atoms with Crippen LogP contribution in [0.5, 0.6) is 0 Å². The number of anilines is 3. The fourth-order valence-electron chi connectivity index (χ4n) is 9.00. The highest BCUT2D eigenvalue weighted by Gasteiger charge is 2.24. The molecule has 0 bridgehead atoms. The molecule has 0 aliphatic carbocycles. The van der Waals surface area contributed by atoms with Crippen molar-refractivity contribution in [2.24, 2.45) is 0 Å². The monoisotopic (exact) mass is 727 g/mol. The molecule has 0 saturated carbocycles. The second-order valence-corrected chi connectivity index (χ2v) is 14.8. The van der Waals surface area contributed by atoms with Gasteiger partial charge in [0.15, 0.2) is 0 Å². The molecule has 0 N–H and O–H groups in total. The van der Waals surface area contributed by atoms with Crippen molar-refractivity contribution in [3.63, 3.8) is 0 Å². The van der Waals surface area contributed by atoms with Gasteiger partial charge in [-0.05, 0) is 98.2 Å². The summed E-state index contributed by atoms with van der Waals surface area (Å²) in [6.45, 7) is 0. The zero-order valence-corrected chi connectivity index (χ0v) is 30.8. The summed E-state index contributed by atoms with van der Waals surface area (Å²) in [5.41, 5.74) is 11.3. The molecule has 0 radical (unpaired) electrons. The van der Waals surface area contributed by atoms with Gasteiger partial charge in [0.1, 0.15) is 22.3 Å². The molecule has 12 rings (SSSR count). The minimum absolute atomic E-state index is 0.864. The van der Waals surface area contributed by atoms with Gasteiger partial charge in [0, 0.05) is 32.8 Å². The molecule has 0 unspecified atom stereocenters. The molecule has 3 heteroatoms. The number of benzene rings is 10. The lowest BCUT2D eigenvalue weighted by molar-refractivity contribution is 0.669. The van der Waals surface area contributed by atoms with Crippen LogP contribution in [0, 0.1) is 0 Å². The zero-order valence-electron chi connectivity index (χ0n) is 30.8. The van der Waals surface area contributed by atoms with E-state index in [0.29, 0.717) is 0 Å². The predicted octanol–water partition coefficient (Wildman–Crippen LogP) is 15.7. The number of fused-ring (bicyclic) bond motifs is 10. The van der Waals surface area contributed by atoms with Crippen molar-refractivity contribution in [1.29, 1.82) is 0 Å². The van der Waals surface area contributed by atoms with Crippen LogP contribution < -0.4 is 4.90 Å². The molecule has 0 aliphatic rings. The first-order valence-electron chi connectivity index (χ1n) is 19.4. The Morgan fingerprint density at radius 1 is 0.316 bits per heavy atom. The van der Waals surface area contributed by atoms with Crippen LogP contribution in [0.4, 0.5) is 17.1 Å². The first kappa shape index (κ1) is 31.7. The van der Waals surface area contributed by atoms with Gasteiger partial charge >= 0.3 is 0 Å². The maximum Gasteiger partial charge on any atom is 0.145 e. The van der Waals surface area contributed by atoms with Crippen molar-refractivity contribution < 1.29 is 8.83 Å². The number of nitrogens with zero attached hydrogens (tertiary/aromatic N) is 1. The van der Waals surface area contributed by atoms with Gasteiger partial charge in [-0.1, -0.05) is 146 Å². The summed E-state index contributed by atoms with van der Waals surface area (Å²) in [6.07, 6.45) is 0. The standard InChI is InChI=1S/C54H33NO2/c1-3-14-39-35(11-1)13-9-18-42(39)45-30-31-49(53-46-17-6-8-22-51(46)57-54(45)53)55(48-20-10-19-41-40-15-4-2-12-36(40)25-29-43(41)48)38-27-23-34(24-28-38)37-26-32-52-47(33-37)44-16-5-7-21-50(44)56-52/h1-33H. The largest absolute Gasteiger partial charge is 0.456 e. The van der Waals surface area contributed by atoms with E-state index < -0.39 is 0 Å². The maximum atomic E-state index is 6.90. The molecule has 12 aromatic rings. The first-order chi connectivity index (χ1) is 28.3. The lowest BCUT2D eigenvalue weighted by atomic mass is 9.95. The van der Waals surface area contributed by atoms with Gasteiger partial charge in [0.25, 0.3) is 0 Å². The molecular weight excluding hydrogens is 695 g/mol. The Balaban J connectivity index is 1.11. The second-order valence-electron chi connectivity index (χ2n) is 14.8. The van der Waals surface area contributed by atoms with Crippen LogP contribution in [-0.4, -0.2) is 0 Å². The summed E-state index contributed by atoms with van der Waals surface area (Å²) in [7, 11) is 0. The van der Waals surface area contributed by atoms with E-state index in [9.17, 15) is 0 Å². The van der Waals surface area contributed by atoms with Crippen molar-refractivity contribution in [3.05, 3.63) is 200 Å². The van der Waals surface area contributed by atoms with E-state index in [2.05, 4.69) is 193 Å². The second kappa shape index (κ2) is 12.5. The average molecular weight is 728 g/mol. The van der Waals surface area contributed by atoms with Crippen molar-refractivity contribution in [2.45, 2.75) is 0 Å². The van der Waals surface area contributed by atoms with E-state index in [1.807, 2.05) is 12.1 Å². The van der Waals surface area contributed by atoms with Crippen LogP contribution in [0.2, 0.25) is 0 Å². The van der Waals surface area contributed by atoms with E-state index in [0.717, 1.165) is 83.2 Å². The molecule has 0 atom stereocenters. The molecule has 3 nitrogen and oxygen atoms in total. The lowest BCUT2D eigenvalue weighted by Gasteiger charge is -2.28. The molecule has 266 valence electrons. The van der Waals surface area contributed by atoms with Gasteiger partial charge in [-0.3, -0.25) is 0 Å². The molecular formula is C54H33NO2. The van der Waals surface area contributed by atoms with E-state index in [1.165, 1.54) is 32.3 Å². The molecule has 0 fully saturated rings. The van der Waals surface area contributed by atoms with Crippen LogP contribution in [0.1, 0.15) is 0 Å². The normalized spacial score (nSPS) is 11.9. The highest BCUT2D eigenvalue weighted by Crippen LogP contribution is 2.49. The van der Waals surface area contributed by atoms with Crippen LogP contribution in [0.3, 0.4) is 0 Å². The molecule has 2 heterocycles. The Bertz CT molecular complexity index is 3530. The first-order valence-corrected chi connectivity index (χ1v) is 19.4. The van der Waals surface area contributed by atoms with Gasteiger partial charge in [-0.15, -0.1) is 0 Å². The number of rotatable bonds is 5. The summed E-state index contributed by atoms with van der Waals surface area (Å²) >= 11 is 0. The van der Waals surface area contributed by atoms with Crippen molar-refractivity contribution in [2.75, 3.05) is 4.90 Å². The molecule has 0 aliphatic heterocycles. The highest BCUT2D eigenvalue weighted by atomic mass is 16.3. The van der Waals surface area contributed by atoms with Crippen LogP contribution >= 0.6 is 0 Å². The topological polar surface area (TPSA) is 29.5 Å². The van der Waals surface area contributed by atoms with Crippen LogP contribution in [0.15, 0.2) is 209 Å². The van der Waals surface area contributed by atoms with Crippen LogP contribution in [0.25, 0.3) is 98.4 Å². The third kappa shape index (κ3) is 4.92. The smallest absolute Gasteiger partial charge is 0.145 e.